The number of carbonyl (C=O) groups is 1. The zero-order valence-corrected chi connectivity index (χ0v) is 22.3. The van der Waals surface area contributed by atoms with Crippen molar-refractivity contribution in [3.63, 3.8) is 0 Å². The van der Waals surface area contributed by atoms with Gasteiger partial charge in [-0.2, -0.15) is 4.31 Å². The summed E-state index contributed by atoms with van der Waals surface area (Å²) in [6, 6.07) is 20.3. The van der Waals surface area contributed by atoms with Crippen LogP contribution in [0.5, 0.6) is 5.75 Å². The van der Waals surface area contributed by atoms with Gasteiger partial charge in [0.2, 0.25) is 15.9 Å². The Morgan fingerprint density at radius 3 is 2.38 bits per heavy atom. The predicted molar refractivity (Wildman–Crippen MR) is 147 cm³/mol. The largest absolute Gasteiger partial charge is 0.497 e. The van der Waals surface area contributed by atoms with E-state index >= 15 is 0 Å². The number of aromatic nitrogens is 1. The Hall–Kier alpha value is -3.31. The number of methoxy groups -OCH3 is 1. The van der Waals surface area contributed by atoms with Gasteiger partial charge in [0.05, 0.1) is 28.8 Å². The van der Waals surface area contributed by atoms with Gasteiger partial charge in [-0.3, -0.25) is 9.69 Å². The lowest BCUT2D eigenvalue weighted by molar-refractivity contribution is -0.117. The van der Waals surface area contributed by atoms with E-state index in [1.807, 2.05) is 35.2 Å². The van der Waals surface area contributed by atoms with Crippen LogP contribution in [0.4, 0.5) is 5.69 Å². The maximum absolute atomic E-state index is 12.9. The van der Waals surface area contributed by atoms with Crippen molar-refractivity contribution >= 4 is 43.2 Å². The number of fused-ring (bicyclic) bond motifs is 1. The van der Waals surface area contributed by atoms with Gasteiger partial charge in [-0.25, -0.2) is 13.4 Å². The molecule has 1 aromatic heterocycles. The molecule has 0 spiro atoms. The van der Waals surface area contributed by atoms with Crippen molar-refractivity contribution in [3.05, 3.63) is 72.3 Å². The van der Waals surface area contributed by atoms with Crippen molar-refractivity contribution in [2.24, 2.45) is 0 Å². The number of carbonyl (C=O) groups excluding carboxylic acids is 1. The lowest BCUT2D eigenvalue weighted by Gasteiger charge is -2.33. The summed E-state index contributed by atoms with van der Waals surface area (Å²) in [5, 5.41) is 3.88. The first-order chi connectivity index (χ1) is 17.8. The van der Waals surface area contributed by atoms with E-state index in [1.165, 1.54) is 9.87 Å². The minimum Gasteiger partial charge on any atom is -0.497 e. The highest BCUT2D eigenvalue weighted by atomic mass is 32.2. The van der Waals surface area contributed by atoms with Crippen LogP contribution in [-0.2, 0) is 14.8 Å². The predicted octanol–water partition coefficient (Wildman–Crippen LogP) is 4.23. The van der Waals surface area contributed by atoms with Crippen molar-refractivity contribution in [2.45, 2.75) is 11.8 Å². The van der Waals surface area contributed by atoms with Gasteiger partial charge < -0.3 is 10.1 Å². The molecule has 0 unspecified atom stereocenters. The number of nitrogens with one attached hydrogen (secondary N) is 1. The molecule has 0 bridgehead atoms. The van der Waals surface area contributed by atoms with Crippen molar-refractivity contribution in [1.29, 1.82) is 0 Å². The highest BCUT2D eigenvalue weighted by molar-refractivity contribution is 7.89. The molecule has 5 rings (SSSR count). The summed E-state index contributed by atoms with van der Waals surface area (Å²) in [6.45, 7) is 3.91. The van der Waals surface area contributed by atoms with Crippen LogP contribution in [0.25, 0.3) is 20.8 Å². The van der Waals surface area contributed by atoms with Crippen LogP contribution in [-0.4, -0.2) is 68.3 Å². The number of ether oxygens (including phenoxy) is 1. The van der Waals surface area contributed by atoms with Crippen molar-refractivity contribution in [1.82, 2.24) is 14.2 Å². The fraction of sp³-hybridized carbons (Fsp3) is 0.259. The molecule has 8 nitrogen and oxygen atoms in total. The summed E-state index contributed by atoms with van der Waals surface area (Å²) in [7, 11) is -2.04. The van der Waals surface area contributed by atoms with Crippen LogP contribution in [0.1, 0.15) is 5.56 Å². The van der Waals surface area contributed by atoms with E-state index in [9.17, 15) is 13.2 Å². The summed E-state index contributed by atoms with van der Waals surface area (Å²) in [4.78, 5) is 19.6. The molecule has 1 N–H and O–H groups in total. The van der Waals surface area contributed by atoms with Crippen LogP contribution in [0.15, 0.2) is 71.6 Å². The number of anilines is 1. The van der Waals surface area contributed by atoms with Crippen LogP contribution >= 0.6 is 11.3 Å². The van der Waals surface area contributed by atoms with Crippen LogP contribution < -0.4 is 10.1 Å². The number of benzene rings is 3. The Bertz CT molecular complexity index is 1510. The Labute approximate surface area is 220 Å². The van der Waals surface area contributed by atoms with E-state index < -0.39 is 10.0 Å². The first kappa shape index (κ1) is 25.3. The van der Waals surface area contributed by atoms with Gasteiger partial charge >= 0.3 is 0 Å². The molecular formula is C27H28N4O4S2. The topological polar surface area (TPSA) is 91.8 Å². The van der Waals surface area contributed by atoms with Crippen LogP contribution in [0.2, 0.25) is 0 Å². The van der Waals surface area contributed by atoms with Crippen LogP contribution in [0, 0.1) is 6.92 Å². The number of aryl methyl sites for hydroxylation is 1. The lowest BCUT2D eigenvalue weighted by atomic mass is 10.2. The van der Waals surface area contributed by atoms with Gasteiger partial charge in [-0.05, 0) is 73.2 Å². The zero-order valence-electron chi connectivity index (χ0n) is 20.7. The van der Waals surface area contributed by atoms with Gasteiger partial charge in [-0.1, -0.05) is 6.07 Å². The van der Waals surface area contributed by atoms with E-state index in [4.69, 9.17) is 9.72 Å². The number of sulfonamides is 1. The van der Waals surface area contributed by atoms with Gasteiger partial charge in [0, 0.05) is 37.4 Å². The molecule has 0 radical (unpaired) electrons. The number of piperazine rings is 1. The highest BCUT2D eigenvalue weighted by Crippen LogP contribution is 2.31. The Morgan fingerprint density at radius 2 is 1.70 bits per heavy atom. The number of amides is 1. The monoisotopic (exact) mass is 536 g/mol. The summed E-state index contributed by atoms with van der Waals surface area (Å²) in [5.41, 5.74) is 3.92. The quantitative estimate of drug-likeness (QED) is 0.380. The Kier molecular flexibility index (Phi) is 7.25. The lowest BCUT2D eigenvalue weighted by Crippen LogP contribution is -2.50. The second kappa shape index (κ2) is 10.6. The van der Waals surface area contributed by atoms with Gasteiger partial charge in [0.1, 0.15) is 10.8 Å². The smallest absolute Gasteiger partial charge is 0.243 e. The fourth-order valence-electron chi connectivity index (χ4n) is 4.28. The third-order valence-corrected chi connectivity index (χ3v) is 9.34. The molecule has 0 saturated carbocycles. The Morgan fingerprint density at radius 1 is 1.00 bits per heavy atom. The van der Waals surface area contributed by atoms with E-state index in [2.05, 4.69) is 24.4 Å². The first-order valence-electron chi connectivity index (χ1n) is 12.0. The molecule has 1 saturated heterocycles. The van der Waals surface area contributed by atoms with Crippen molar-refractivity contribution in [2.75, 3.05) is 45.2 Å². The molecule has 3 aromatic carbocycles. The SMILES string of the molecule is COc1ccc(S(=O)(=O)N2CCN(CC(=O)Nc3ccc(-c4nc5ccc(C)cc5s4)cc3)CC2)cc1. The highest BCUT2D eigenvalue weighted by Gasteiger charge is 2.29. The fourth-order valence-corrected chi connectivity index (χ4v) is 6.77. The molecule has 1 amide bonds. The standard InChI is InChI=1S/C27H28N4O4S2/c1-19-3-12-24-25(17-19)36-27(29-24)20-4-6-21(7-5-20)28-26(32)18-30-13-15-31(16-14-30)37(33,34)23-10-8-22(35-2)9-11-23/h3-12,17H,13-16,18H2,1-2H3,(H,28,32). The molecule has 192 valence electrons. The van der Waals surface area contributed by atoms with E-state index in [-0.39, 0.29) is 17.3 Å². The minimum absolute atomic E-state index is 0.130. The molecule has 4 aromatic rings. The molecule has 1 fully saturated rings. The molecule has 0 aliphatic carbocycles. The van der Waals surface area contributed by atoms with E-state index in [0.717, 1.165) is 20.8 Å². The third kappa shape index (κ3) is 5.67. The number of thiazole rings is 1. The minimum atomic E-state index is -3.58. The summed E-state index contributed by atoms with van der Waals surface area (Å²) >= 11 is 1.65. The van der Waals surface area contributed by atoms with E-state index in [1.54, 1.807) is 42.7 Å². The molecule has 1 aliphatic rings. The normalized spacial score (nSPS) is 15.1. The number of hydrogen-bond donors (Lipinski definition) is 1. The molecule has 10 heteroatoms. The number of hydrogen-bond acceptors (Lipinski definition) is 7. The number of rotatable bonds is 7. The molecule has 2 heterocycles. The average Bonchev–Trinajstić information content (AvgIpc) is 3.32. The van der Waals surface area contributed by atoms with Crippen molar-refractivity contribution in [3.8, 4) is 16.3 Å². The summed E-state index contributed by atoms with van der Waals surface area (Å²) in [5.74, 6) is 0.478. The first-order valence-corrected chi connectivity index (χ1v) is 14.2. The van der Waals surface area contributed by atoms with Gasteiger partial charge in [0.25, 0.3) is 0 Å². The average molecular weight is 537 g/mol. The second-order valence-corrected chi connectivity index (χ2v) is 11.9. The number of nitrogens with zero attached hydrogens (tertiary/aromatic N) is 3. The maximum atomic E-state index is 12.9. The molecule has 1 aliphatic heterocycles. The van der Waals surface area contributed by atoms with E-state index in [0.29, 0.717) is 37.6 Å². The molecular weight excluding hydrogens is 508 g/mol. The maximum Gasteiger partial charge on any atom is 0.243 e. The van der Waals surface area contributed by atoms with Crippen molar-refractivity contribution < 1.29 is 17.9 Å². The third-order valence-electron chi connectivity index (χ3n) is 6.36. The van der Waals surface area contributed by atoms with Crippen LogP contribution in [0.3, 0.4) is 0 Å². The van der Waals surface area contributed by atoms with Gasteiger partial charge in [-0.15, -0.1) is 11.3 Å². The summed E-state index contributed by atoms with van der Waals surface area (Å²) < 4.78 is 33.6. The Balaban J connectivity index is 1.14. The second-order valence-electron chi connectivity index (χ2n) is 8.97. The zero-order chi connectivity index (χ0) is 26.0. The van der Waals surface area contributed by atoms with Gasteiger partial charge in [0.15, 0.2) is 0 Å². The molecule has 0 atom stereocenters. The summed E-state index contributed by atoms with van der Waals surface area (Å²) in [6.07, 6.45) is 0. The molecule has 37 heavy (non-hydrogen) atoms.